The SMILES string of the molecule is CC(NS(=O)(=O)C(C)C(N)=S)C(=O)N(C)C. The molecule has 0 aliphatic rings. The zero-order valence-corrected chi connectivity index (χ0v) is 11.4. The number of thiocarbonyl (C=S) groups is 1. The van der Waals surface area contributed by atoms with Gasteiger partial charge in [0.15, 0.2) is 0 Å². The number of rotatable bonds is 5. The van der Waals surface area contributed by atoms with Crippen molar-refractivity contribution in [3.63, 3.8) is 0 Å². The van der Waals surface area contributed by atoms with E-state index in [2.05, 4.69) is 16.9 Å². The third kappa shape index (κ3) is 4.03. The van der Waals surface area contributed by atoms with Gasteiger partial charge in [0.1, 0.15) is 5.25 Å². The van der Waals surface area contributed by atoms with Gasteiger partial charge in [-0.2, -0.15) is 0 Å². The Hall–Kier alpha value is -0.730. The smallest absolute Gasteiger partial charge is 0.239 e. The average molecular weight is 267 g/mol. The molecule has 0 bridgehead atoms. The molecule has 0 aliphatic heterocycles. The fraction of sp³-hybridized carbons (Fsp3) is 0.750. The van der Waals surface area contributed by atoms with Gasteiger partial charge in [-0.1, -0.05) is 12.2 Å². The van der Waals surface area contributed by atoms with E-state index in [1.807, 2.05) is 0 Å². The van der Waals surface area contributed by atoms with Crippen molar-refractivity contribution in [2.75, 3.05) is 14.1 Å². The highest BCUT2D eigenvalue weighted by molar-refractivity contribution is 7.93. The van der Waals surface area contributed by atoms with Gasteiger partial charge in [-0.05, 0) is 13.8 Å². The Morgan fingerprint density at radius 2 is 1.81 bits per heavy atom. The number of sulfonamides is 1. The minimum atomic E-state index is -3.70. The van der Waals surface area contributed by atoms with Crippen LogP contribution in [0.3, 0.4) is 0 Å². The van der Waals surface area contributed by atoms with Gasteiger partial charge in [-0.25, -0.2) is 13.1 Å². The Morgan fingerprint density at radius 3 is 2.12 bits per heavy atom. The molecule has 0 heterocycles. The number of amides is 1. The summed E-state index contributed by atoms with van der Waals surface area (Å²) in [4.78, 5) is 12.6. The summed E-state index contributed by atoms with van der Waals surface area (Å²) >= 11 is 4.60. The van der Waals surface area contributed by atoms with Gasteiger partial charge in [-0.3, -0.25) is 4.79 Å². The summed E-state index contributed by atoms with van der Waals surface area (Å²) in [5, 5.41) is -1.00. The van der Waals surface area contributed by atoms with E-state index in [1.54, 1.807) is 14.1 Å². The second-order valence-electron chi connectivity index (χ2n) is 3.66. The zero-order chi connectivity index (χ0) is 13.1. The van der Waals surface area contributed by atoms with Gasteiger partial charge >= 0.3 is 0 Å². The van der Waals surface area contributed by atoms with Crippen molar-refractivity contribution in [2.45, 2.75) is 25.1 Å². The summed E-state index contributed by atoms with van der Waals surface area (Å²) in [6, 6.07) is -0.836. The van der Waals surface area contributed by atoms with Crippen molar-refractivity contribution in [1.82, 2.24) is 9.62 Å². The molecule has 3 N–H and O–H groups in total. The van der Waals surface area contributed by atoms with Crippen LogP contribution in [0.1, 0.15) is 13.8 Å². The fourth-order valence-electron chi connectivity index (χ4n) is 0.939. The lowest BCUT2D eigenvalue weighted by Crippen LogP contribution is -2.49. The van der Waals surface area contributed by atoms with Crippen molar-refractivity contribution in [1.29, 1.82) is 0 Å². The molecule has 0 aromatic rings. The monoisotopic (exact) mass is 267 g/mol. The van der Waals surface area contributed by atoms with Crippen molar-refractivity contribution in [2.24, 2.45) is 5.73 Å². The first kappa shape index (κ1) is 15.3. The maximum atomic E-state index is 11.7. The highest BCUT2D eigenvalue weighted by Gasteiger charge is 2.27. The molecule has 2 unspecified atom stereocenters. The molecule has 0 aromatic heterocycles. The molecule has 0 spiro atoms. The minimum absolute atomic E-state index is 0.128. The molecule has 0 rings (SSSR count). The molecule has 0 saturated heterocycles. The minimum Gasteiger partial charge on any atom is -0.392 e. The van der Waals surface area contributed by atoms with Gasteiger partial charge in [-0.15, -0.1) is 0 Å². The van der Waals surface area contributed by atoms with Gasteiger partial charge in [0, 0.05) is 14.1 Å². The number of hydrogen-bond donors (Lipinski definition) is 2. The van der Waals surface area contributed by atoms with Crippen LogP contribution in [0.15, 0.2) is 0 Å². The van der Waals surface area contributed by atoms with Gasteiger partial charge in [0.2, 0.25) is 15.9 Å². The molecule has 0 aliphatic carbocycles. The second kappa shape index (κ2) is 5.55. The van der Waals surface area contributed by atoms with Crippen molar-refractivity contribution >= 4 is 33.1 Å². The third-order valence-corrected chi connectivity index (χ3v) is 4.39. The van der Waals surface area contributed by atoms with Crippen LogP contribution >= 0.6 is 12.2 Å². The molecule has 0 fully saturated rings. The summed E-state index contributed by atoms with van der Waals surface area (Å²) in [6.45, 7) is 2.84. The van der Waals surface area contributed by atoms with Crippen LogP contribution in [-0.4, -0.2) is 49.6 Å². The largest absolute Gasteiger partial charge is 0.392 e. The van der Waals surface area contributed by atoms with E-state index in [4.69, 9.17) is 5.73 Å². The fourth-order valence-corrected chi connectivity index (χ4v) is 2.42. The standard InChI is InChI=1S/C8H17N3O3S2/c1-5(8(12)11(3)4)10-16(13,14)6(2)7(9)15/h5-6,10H,1-4H3,(H2,9,15). The van der Waals surface area contributed by atoms with Gasteiger partial charge in [0.25, 0.3) is 0 Å². The van der Waals surface area contributed by atoms with Crippen LogP contribution in [-0.2, 0) is 14.8 Å². The number of carbonyl (C=O) groups excluding carboxylic acids is 1. The molecule has 94 valence electrons. The summed E-state index contributed by atoms with van der Waals surface area (Å²) in [5.74, 6) is -0.335. The Kier molecular flexibility index (Phi) is 5.30. The molecular formula is C8H17N3O3S2. The average Bonchev–Trinajstić information content (AvgIpc) is 2.14. The number of hydrogen-bond acceptors (Lipinski definition) is 4. The lowest BCUT2D eigenvalue weighted by Gasteiger charge is -2.20. The van der Waals surface area contributed by atoms with Crippen molar-refractivity contribution in [3.05, 3.63) is 0 Å². The maximum Gasteiger partial charge on any atom is 0.239 e. The van der Waals surface area contributed by atoms with Crippen molar-refractivity contribution < 1.29 is 13.2 Å². The quantitative estimate of drug-likeness (QED) is 0.627. The number of likely N-dealkylation sites (N-methyl/N-ethyl adjacent to an activating group) is 1. The summed E-state index contributed by atoms with van der Waals surface area (Å²) in [5.41, 5.74) is 5.25. The number of nitrogens with zero attached hydrogens (tertiary/aromatic N) is 1. The van der Waals surface area contributed by atoms with E-state index >= 15 is 0 Å². The summed E-state index contributed by atoms with van der Waals surface area (Å²) in [6.07, 6.45) is 0. The molecule has 0 radical (unpaired) electrons. The van der Waals surface area contributed by atoms with E-state index in [1.165, 1.54) is 18.7 Å². The van der Waals surface area contributed by atoms with E-state index in [-0.39, 0.29) is 10.9 Å². The molecule has 2 atom stereocenters. The normalized spacial score (nSPS) is 15.2. The number of carbonyl (C=O) groups is 1. The van der Waals surface area contributed by atoms with E-state index in [9.17, 15) is 13.2 Å². The predicted octanol–water partition coefficient (Wildman–Crippen LogP) is -0.943. The van der Waals surface area contributed by atoms with Crippen molar-refractivity contribution in [3.8, 4) is 0 Å². The first-order valence-electron chi connectivity index (χ1n) is 4.61. The Morgan fingerprint density at radius 1 is 1.38 bits per heavy atom. The third-order valence-electron chi connectivity index (χ3n) is 2.02. The Labute approximate surface area is 101 Å². The Bertz CT molecular complexity index is 378. The van der Waals surface area contributed by atoms with Crippen LogP contribution < -0.4 is 10.5 Å². The van der Waals surface area contributed by atoms with Gasteiger partial charge < -0.3 is 10.6 Å². The highest BCUT2D eigenvalue weighted by atomic mass is 32.2. The van der Waals surface area contributed by atoms with Crippen LogP contribution in [0, 0.1) is 0 Å². The maximum absolute atomic E-state index is 11.7. The van der Waals surface area contributed by atoms with Crippen LogP contribution in [0.4, 0.5) is 0 Å². The van der Waals surface area contributed by atoms with Crippen LogP contribution in [0.2, 0.25) is 0 Å². The zero-order valence-electron chi connectivity index (χ0n) is 9.72. The molecule has 0 aromatic carbocycles. The number of nitrogens with two attached hydrogens (primary N) is 1. The summed E-state index contributed by atoms with van der Waals surface area (Å²) < 4.78 is 25.6. The van der Waals surface area contributed by atoms with E-state index in [0.717, 1.165) is 0 Å². The molecule has 8 heteroatoms. The van der Waals surface area contributed by atoms with E-state index < -0.39 is 21.3 Å². The first-order chi connectivity index (χ1) is 7.09. The lowest BCUT2D eigenvalue weighted by atomic mass is 10.3. The molecule has 0 saturated carbocycles. The van der Waals surface area contributed by atoms with E-state index in [0.29, 0.717) is 0 Å². The van der Waals surface area contributed by atoms with Gasteiger partial charge in [0.05, 0.1) is 11.0 Å². The molecular weight excluding hydrogens is 250 g/mol. The Balaban J connectivity index is 4.74. The molecule has 1 amide bonds. The first-order valence-corrected chi connectivity index (χ1v) is 6.56. The highest BCUT2D eigenvalue weighted by Crippen LogP contribution is 2.01. The summed E-state index contributed by atoms with van der Waals surface area (Å²) in [7, 11) is -0.609. The predicted molar refractivity (Wildman–Crippen MR) is 66.5 cm³/mol. The second-order valence-corrected chi connectivity index (χ2v) is 6.17. The van der Waals surface area contributed by atoms with Crippen LogP contribution in [0.5, 0.6) is 0 Å². The molecule has 6 nitrogen and oxygen atoms in total. The lowest BCUT2D eigenvalue weighted by molar-refractivity contribution is -0.130. The van der Waals surface area contributed by atoms with Crippen LogP contribution in [0.25, 0.3) is 0 Å². The topological polar surface area (TPSA) is 92.5 Å². The number of nitrogens with one attached hydrogen (secondary N) is 1. The molecule has 16 heavy (non-hydrogen) atoms.